The van der Waals surface area contributed by atoms with E-state index in [4.69, 9.17) is 4.43 Å². The van der Waals surface area contributed by atoms with Crippen molar-refractivity contribution in [3.63, 3.8) is 0 Å². The summed E-state index contributed by atoms with van der Waals surface area (Å²) in [5.74, 6) is 3.53. The Morgan fingerprint density at radius 3 is 2.60 bits per heavy atom. The van der Waals surface area contributed by atoms with E-state index in [1.165, 1.54) is 17.9 Å². The average Bonchev–Trinajstić information content (AvgIpc) is 3.01. The quantitative estimate of drug-likeness (QED) is 0.506. The molecule has 1 saturated heterocycles. The Balaban J connectivity index is 1.74. The Morgan fingerprint density at radius 2 is 1.96 bits per heavy atom. The van der Waals surface area contributed by atoms with E-state index in [0.29, 0.717) is 24.5 Å². The maximum atomic E-state index is 13.0. The van der Waals surface area contributed by atoms with Gasteiger partial charge >= 0.3 is 0 Å². The number of thioether (sulfide) groups is 2. The zero-order chi connectivity index (χ0) is 17.9. The third-order valence-corrected chi connectivity index (χ3v) is 10.8. The Morgan fingerprint density at radius 1 is 1.24 bits per heavy atom. The Hall–Kier alpha value is -0.223. The van der Waals surface area contributed by atoms with Crippen molar-refractivity contribution in [1.29, 1.82) is 5.26 Å². The van der Waals surface area contributed by atoms with Crippen molar-refractivity contribution in [2.75, 3.05) is 11.5 Å². The third-order valence-electron chi connectivity index (χ3n) is 6.29. The molecule has 4 rings (SSSR count). The lowest BCUT2D eigenvalue weighted by molar-refractivity contribution is -0.127. The van der Waals surface area contributed by atoms with E-state index in [2.05, 4.69) is 55.3 Å². The summed E-state index contributed by atoms with van der Waals surface area (Å²) in [4.78, 5) is 13.0. The summed E-state index contributed by atoms with van der Waals surface area (Å²) in [7, 11) is -1.85. The van der Waals surface area contributed by atoms with Crippen molar-refractivity contribution in [2.24, 2.45) is 17.3 Å². The summed E-state index contributed by atoms with van der Waals surface area (Å²) < 4.78 is 6.53. The summed E-state index contributed by atoms with van der Waals surface area (Å²) in [6.45, 7) is 6.41. The van der Waals surface area contributed by atoms with Crippen LogP contribution in [-0.2, 0) is 9.22 Å². The van der Waals surface area contributed by atoms with Gasteiger partial charge in [-0.2, -0.15) is 5.26 Å². The fourth-order valence-corrected chi connectivity index (χ4v) is 10.8. The number of ketones is 1. The first-order valence-corrected chi connectivity index (χ1v) is 14.8. The molecule has 0 amide bonds. The van der Waals surface area contributed by atoms with Crippen LogP contribution in [0.2, 0.25) is 19.6 Å². The van der Waals surface area contributed by atoms with E-state index in [1.807, 2.05) is 6.08 Å². The van der Waals surface area contributed by atoms with Crippen LogP contribution in [0.15, 0.2) is 12.2 Å². The minimum Gasteiger partial charge on any atom is -0.397 e. The average molecular weight is 394 g/mol. The highest BCUT2D eigenvalue weighted by molar-refractivity contribution is 8.18. The van der Waals surface area contributed by atoms with Crippen LogP contribution in [0.5, 0.6) is 0 Å². The molecule has 136 valence electrons. The van der Waals surface area contributed by atoms with Gasteiger partial charge in [0.15, 0.2) is 13.9 Å². The van der Waals surface area contributed by atoms with Crippen molar-refractivity contribution in [3.05, 3.63) is 12.2 Å². The minimum atomic E-state index is -1.85. The molecule has 0 bridgehead atoms. The predicted molar refractivity (Wildman–Crippen MR) is 107 cm³/mol. The van der Waals surface area contributed by atoms with Crippen LogP contribution < -0.4 is 0 Å². The Kier molecular flexibility index (Phi) is 4.27. The highest BCUT2D eigenvalue weighted by Gasteiger charge is 2.69. The van der Waals surface area contributed by atoms with Crippen molar-refractivity contribution in [1.82, 2.24) is 0 Å². The first kappa shape index (κ1) is 18.2. The van der Waals surface area contributed by atoms with E-state index in [9.17, 15) is 10.1 Å². The van der Waals surface area contributed by atoms with Gasteiger partial charge in [-0.3, -0.25) is 4.79 Å². The number of fused-ring (bicyclic) bond motifs is 1. The highest BCUT2D eigenvalue weighted by Crippen LogP contribution is 2.71. The van der Waals surface area contributed by atoms with Gasteiger partial charge in [0.2, 0.25) is 0 Å². The molecule has 3 aliphatic carbocycles. The molecule has 0 N–H and O–H groups in total. The molecule has 1 heterocycles. The summed E-state index contributed by atoms with van der Waals surface area (Å²) in [6, 6.07) is 2.47. The molecule has 2 saturated carbocycles. The fourth-order valence-electron chi connectivity index (χ4n) is 5.61. The normalized spacial score (nSPS) is 42.2. The zero-order valence-corrected chi connectivity index (χ0v) is 18.0. The second kappa shape index (κ2) is 5.89. The zero-order valence-electron chi connectivity index (χ0n) is 15.3. The lowest BCUT2D eigenvalue weighted by Gasteiger charge is -2.43. The number of Topliss-reactive ketones (excluding diaryl/α,β-unsaturated/α-hetero) is 1. The molecule has 0 aromatic rings. The number of allylic oxidation sites excluding steroid dienone is 1. The second-order valence-corrected chi connectivity index (χ2v) is 16.5. The van der Waals surface area contributed by atoms with Crippen LogP contribution in [0.3, 0.4) is 0 Å². The monoisotopic (exact) mass is 393 g/mol. The molecule has 3 nitrogen and oxygen atoms in total. The van der Waals surface area contributed by atoms with Gasteiger partial charge in [-0.25, -0.2) is 0 Å². The number of nitrogens with zero attached hydrogens (tertiary/aromatic N) is 1. The molecule has 0 radical (unpaired) electrons. The molecule has 4 aliphatic rings. The Bertz CT molecular complexity index is 661. The van der Waals surface area contributed by atoms with Gasteiger partial charge in [-0.05, 0) is 74.7 Å². The number of carbonyl (C=O) groups excluding carboxylic acids is 1. The van der Waals surface area contributed by atoms with Gasteiger partial charge in [0.05, 0.1) is 9.49 Å². The molecule has 1 aliphatic heterocycles. The van der Waals surface area contributed by atoms with Crippen LogP contribution in [0.25, 0.3) is 0 Å². The largest absolute Gasteiger partial charge is 0.397 e. The molecule has 0 aromatic carbocycles. The molecule has 4 unspecified atom stereocenters. The maximum Gasteiger partial charge on any atom is 0.186 e. The number of rotatable bonds is 2. The topological polar surface area (TPSA) is 50.1 Å². The standard InChI is InChI=1S/C19H27NO2S2Si/c1-25(2,3)22-17(13-20)7-8-18-14(11-17)12-19(23-9-4-10-24-19)15(18)5-6-16(18)21/h7-8,14-15H,4-6,9-12H2,1-3H3. The van der Waals surface area contributed by atoms with E-state index < -0.39 is 13.9 Å². The smallest absolute Gasteiger partial charge is 0.186 e. The van der Waals surface area contributed by atoms with Crippen molar-refractivity contribution < 1.29 is 9.22 Å². The summed E-state index contributed by atoms with van der Waals surface area (Å²) in [5, 5.41) is 9.93. The first-order valence-electron chi connectivity index (χ1n) is 9.38. The summed E-state index contributed by atoms with van der Waals surface area (Å²) >= 11 is 4.19. The molecular formula is C19H27NO2S2Si. The van der Waals surface area contributed by atoms with Crippen molar-refractivity contribution >= 4 is 37.6 Å². The van der Waals surface area contributed by atoms with E-state index in [0.717, 1.165) is 12.8 Å². The van der Waals surface area contributed by atoms with Crippen molar-refractivity contribution in [2.45, 2.75) is 61.4 Å². The van der Waals surface area contributed by atoms with Crippen LogP contribution in [0, 0.1) is 28.6 Å². The van der Waals surface area contributed by atoms with Crippen molar-refractivity contribution in [3.8, 4) is 6.07 Å². The number of hydrogen-bond donors (Lipinski definition) is 0. The molecular weight excluding hydrogens is 366 g/mol. The van der Waals surface area contributed by atoms with E-state index in [-0.39, 0.29) is 15.4 Å². The Labute approximate surface area is 160 Å². The highest BCUT2D eigenvalue weighted by atomic mass is 32.2. The summed E-state index contributed by atoms with van der Waals surface area (Å²) in [5.41, 5.74) is -1.15. The molecule has 2 spiro atoms. The minimum absolute atomic E-state index is 0.185. The van der Waals surface area contributed by atoms with Gasteiger partial charge in [0.1, 0.15) is 11.9 Å². The van der Waals surface area contributed by atoms with E-state index >= 15 is 0 Å². The third kappa shape index (κ3) is 2.69. The van der Waals surface area contributed by atoms with Gasteiger partial charge < -0.3 is 4.43 Å². The lowest BCUT2D eigenvalue weighted by atomic mass is 9.65. The van der Waals surface area contributed by atoms with Gasteiger partial charge in [-0.15, -0.1) is 23.5 Å². The van der Waals surface area contributed by atoms with Gasteiger partial charge in [0, 0.05) is 6.42 Å². The number of carbonyl (C=O) groups is 1. The van der Waals surface area contributed by atoms with Crippen LogP contribution in [0.1, 0.15) is 32.1 Å². The van der Waals surface area contributed by atoms with Gasteiger partial charge in [0.25, 0.3) is 0 Å². The number of nitriles is 1. The SMILES string of the molecule is C[Si](C)(C)OC1(C#N)C=CC23C(=O)CCC2C2(CC3C1)SCCCS2. The van der Waals surface area contributed by atoms with E-state index in [1.54, 1.807) is 0 Å². The van der Waals surface area contributed by atoms with Crippen LogP contribution >= 0.6 is 23.5 Å². The summed E-state index contributed by atoms with van der Waals surface area (Å²) in [6.07, 6.45) is 8.85. The lowest BCUT2D eigenvalue weighted by Crippen LogP contribution is -2.48. The van der Waals surface area contributed by atoms with Gasteiger partial charge in [-0.1, -0.05) is 6.08 Å². The molecule has 25 heavy (non-hydrogen) atoms. The predicted octanol–water partition coefficient (Wildman–Crippen LogP) is 4.61. The molecule has 4 atom stereocenters. The fraction of sp³-hybridized carbons (Fsp3) is 0.789. The first-order chi connectivity index (χ1) is 11.8. The molecule has 3 fully saturated rings. The molecule has 6 heteroatoms. The van der Waals surface area contributed by atoms with Crippen LogP contribution in [0.4, 0.5) is 0 Å². The van der Waals surface area contributed by atoms with Crippen LogP contribution in [-0.4, -0.2) is 35.3 Å². The number of hydrogen-bond acceptors (Lipinski definition) is 5. The maximum absolute atomic E-state index is 13.0. The second-order valence-electron chi connectivity index (χ2n) is 8.96. The molecule has 0 aromatic heterocycles.